The number of carboxylic acids is 1. The van der Waals surface area contributed by atoms with E-state index in [-0.39, 0.29) is 5.95 Å². The summed E-state index contributed by atoms with van der Waals surface area (Å²) < 4.78 is 6.70. The van der Waals surface area contributed by atoms with Crippen LogP contribution in [0.15, 0.2) is 48.5 Å². The number of fused-ring (bicyclic) bond motifs is 3. The van der Waals surface area contributed by atoms with E-state index in [1.807, 2.05) is 42.5 Å². The molecular weight excluding hydrogens is 362 g/mol. The molecule has 0 saturated heterocycles. The van der Waals surface area contributed by atoms with Gasteiger partial charge < -0.3 is 20.3 Å². The summed E-state index contributed by atoms with van der Waals surface area (Å²) in [4.78, 5) is 20.4. The van der Waals surface area contributed by atoms with Crippen LogP contribution in [0.4, 0.5) is 5.95 Å². The van der Waals surface area contributed by atoms with E-state index in [0.717, 1.165) is 10.9 Å². The first-order valence-electron chi connectivity index (χ1n) is 8.51. The number of anilines is 1. The second kappa shape index (κ2) is 7.12. The number of aliphatic hydroxyl groups is 1. The van der Waals surface area contributed by atoms with Crippen molar-refractivity contribution in [1.82, 2.24) is 19.6 Å². The van der Waals surface area contributed by atoms with E-state index in [1.165, 1.54) is 4.52 Å². The van der Waals surface area contributed by atoms with Gasteiger partial charge in [-0.05, 0) is 24.3 Å². The van der Waals surface area contributed by atoms with Crippen molar-refractivity contribution in [3.05, 3.63) is 48.5 Å². The quantitative estimate of drug-likeness (QED) is 0.464. The Hall–Kier alpha value is -3.72. The van der Waals surface area contributed by atoms with E-state index in [9.17, 15) is 15.0 Å². The number of rotatable bonds is 6. The highest BCUT2D eigenvalue weighted by Crippen LogP contribution is 2.26. The van der Waals surface area contributed by atoms with Crippen LogP contribution < -0.4 is 10.1 Å². The molecule has 0 saturated carbocycles. The minimum atomic E-state index is -1.22. The Morgan fingerprint density at radius 2 is 2.04 bits per heavy atom. The molecule has 0 radical (unpaired) electrons. The highest BCUT2D eigenvalue weighted by molar-refractivity contribution is 5.93. The van der Waals surface area contributed by atoms with Crippen molar-refractivity contribution in [3.8, 4) is 17.1 Å². The third-order valence-electron chi connectivity index (χ3n) is 4.29. The number of aliphatic hydroxyl groups excluding tert-OH is 1. The molecule has 0 fully saturated rings. The molecule has 0 aliphatic rings. The summed E-state index contributed by atoms with van der Waals surface area (Å²) >= 11 is 0. The second-order valence-electron chi connectivity index (χ2n) is 6.07. The van der Waals surface area contributed by atoms with Gasteiger partial charge in [0.2, 0.25) is 5.95 Å². The Balaban J connectivity index is 1.93. The third kappa shape index (κ3) is 3.08. The van der Waals surface area contributed by atoms with Crippen molar-refractivity contribution in [2.75, 3.05) is 19.0 Å². The summed E-state index contributed by atoms with van der Waals surface area (Å²) in [7, 11) is 1.58. The van der Waals surface area contributed by atoms with Crippen LogP contribution >= 0.6 is 0 Å². The van der Waals surface area contributed by atoms with Crippen LogP contribution in [0.25, 0.3) is 27.9 Å². The van der Waals surface area contributed by atoms with Crippen LogP contribution in [-0.2, 0) is 4.79 Å². The topological polar surface area (TPSA) is 122 Å². The van der Waals surface area contributed by atoms with E-state index >= 15 is 0 Å². The number of ether oxygens (including phenoxy) is 1. The van der Waals surface area contributed by atoms with Gasteiger partial charge in [0.15, 0.2) is 17.5 Å². The molecule has 0 aliphatic heterocycles. The second-order valence-corrected chi connectivity index (χ2v) is 6.07. The first kappa shape index (κ1) is 17.7. The van der Waals surface area contributed by atoms with E-state index in [1.54, 1.807) is 13.2 Å². The fourth-order valence-electron chi connectivity index (χ4n) is 2.87. The zero-order chi connectivity index (χ0) is 19.7. The minimum Gasteiger partial charge on any atom is -0.497 e. The molecule has 0 spiro atoms. The van der Waals surface area contributed by atoms with Crippen molar-refractivity contribution >= 4 is 28.5 Å². The fraction of sp³-hybridized carbons (Fsp3) is 0.158. The van der Waals surface area contributed by atoms with Crippen LogP contribution in [0.2, 0.25) is 0 Å². The molecular formula is C19H17N5O4. The Morgan fingerprint density at radius 1 is 1.21 bits per heavy atom. The first-order valence-corrected chi connectivity index (χ1v) is 8.51. The first-order chi connectivity index (χ1) is 13.6. The van der Waals surface area contributed by atoms with E-state index < -0.39 is 18.6 Å². The Morgan fingerprint density at radius 3 is 2.79 bits per heavy atom. The maximum Gasteiger partial charge on any atom is 0.328 e. The summed E-state index contributed by atoms with van der Waals surface area (Å²) in [6.45, 7) is -0.594. The zero-order valence-corrected chi connectivity index (χ0v) is 14.9. The average molecular weight is 379 g/mol. The Bertz CT molecular complexity index is 1170. The number of aliphatic carboxylic acids is 1. The van der Waals surface area contributed by atoms with Gasteiger partial charge in [-0.25, -0.2) is 14.8 Å². The van der Waals surface area contributed by atoms with Crippen molar-refractivity contribution in [3.63, 3.8) is 0 Å². The fourth-order valence-corrected chi connectivity index (χ4v) is 2.87. The number of nitrogens with one attached hydrogen (secondary N) is 1. The number of carboxylic acid groups (broad SMARTS) is 1. The number of carbonyl (C=O) groups is 1. The van der Waals surface area contributed by atoms with Gasteiger partial charge >= 0.3 is 5.97 Å². The molecule has 0 unspecified atom stereocenters. The molecule has 1 atom stereocenters. The highest BCUT2D eigenvalue weighted by atomic mass is 16.5. The predicted molar refractivity (Wildman–Crippen MR) is 102 cm³/mol. The third-order valence-corrected chi connectivity index (χ3v) is 4.29. The zero-order valence-electron chi connectivity index (χ0n) is 14.9. The number of para-hydroxylation sites is 1. The van der Waals surface area contributed by atoms with E-state index in [4.69, 9.17) is 4.74 Å². The van der Waals surface area contributed by atoms with Gasteiger partial charge in [-0.1, -0.05) is 24.3 Å². The van der Waals surface area contributed by atoms with Crippen LogP contribution in [0.5, 0.6) is 5.75 Å². The summed E-state index contributed by atoms with van der Waals surface area (Å²) in [5.41, 5.74) is 1.90. The monoisotopic (exact) mass is 379 g/mol. The summed E-state index contributed by atoms with van der Waals surface area (Å²) in [6, 6.07) is 13.5. The number of hydrogen-bond acceptors (Lipinski definition) is 7. The van der Waals surface area contributed by atoms with Gasteiger partial charge in [0.25, 0.3) is 0 Å². The molecule has 0 bridgehead atoms. The molecule has 4 aromatic rings. The van der Waals surface area contributed by atoms with Crippen LogP contribution in [0.3, 0.4) is 0 Å². The van der Waals surface area contributed by atoms with Crippen LogP contribution in [0.1, 0.15) is 0 Å². The normalized spacial score (nSPS) is 12.2. The summed E-state index contributed by atoms with van der Waals surface area (Å²) in [5, 5.41) is 26.6. The average Bonchev–Trinajstić information content (AvgIpc) is 3.17. The molecule has 2 aromatic carbocycles. The maximum atomic E-state index is 11.3. The molecule has 2 heterocycles. The molecule has 9 heteroatoms. The molecule has 9 nitrogen and oxygen atoms in total. The Labute approximate surface area is 159 Å². The number of aromatic nitrogens is 4. The lowest BCUT2D eigenvalue weighted by atomic mass is 10.2. The smallest absolute Gasteiger partial charge is 0.328 e. The molecule has 4 rings (SSSR count). The van der Waals surface area contributed by atoms with Gasteiger partial charge in [0.05, 0.1) is 19.2 Å². The molecule has 3 N–H and O–H groups in total. The molecule has 0 aliphatic carbocycles. The number of nitrogens with zero attached hydrogens (tertiary/aromatic N) is 4. The van der Waals surface area contributed by atoms with Gasteiger partial charge in [0.1, 0.15) is 5.75 Å². The largest absolute Gasteiger partial charge is 0.497 e. The van der Waals surface area contributed by atoms with Crippen molar-refractivity contribution in [2.24, 2.45) is 0 Å². The predicted octanol–water partition coefficient (Wildman–Crippen LogP) is 1.81. The SMILES string of the molecule is COc1cccc(-c2nc3c4ccccc4nc(N[C@H](CO)C(=O)O)n3n2)c1. The van der Waals surface area contributed by atoms with Gasteiger partial charge in [0, 0.05) is 10.9 Å². The van der Waals surface area contributed by atoms with Crippen LogP contribution in [0, 0.1) is 0 Å². The number of hydrogen-bond donors (Lipinski definition) is 3. The van der Waals surface area contributed by atoms with Crippen LogP contribution in [-0.4, -0.2) is 55.5 Å². The van der Waals surface area contributed by atoms with Crippen molar-refractivity contribution in [2.45, 2.75) is 6.04 Å². The number of benzene rings is 2. The molecule has 142 valence electrons. The van der Waals surface area contributed by atoms with Crippen molar-refractivity contribution < 1.29 is 19.7 Å². The van der Waals surface area contributed by atoms with Gasteiger partial charge in [-0.2, -0.15) is 4.52 Å². The molecule has 0 amide bonds. The lowest BCUT2D eigenvalue weighted by molar-refractivity contribution is -0.138. The van der Waals surface area contributed by atoms with Gasteiger partial charge in [-0.15, -0.1) is 5.10 Å². The highest BCUT2D eigenvalue weighted by Gasteiger charge is 2.21. The summed E-state index contributed by atoms with van der Waals surface area (Å²) in [5.74, 6) is 0.0930. The molecule has 28 heavy (non-hydrogen) atoms. The van der Waals surface area contributed by atoms with Gasteiger partial charge in [-0.3, -0.25) is 0 Å². The lowest BCUT2D eigenvalue weighted by Crippen LogP contribution is -2.34. The number of methoxy groups -OCH3 is 1. The summed E-state index contributed by atoms with van der Waals surface area (Å²) in [6.07, 6.45) is 0. The standard InChI is InChI=1S/C19H17N5O4/c1-28-12-6-4-5-11(9-12)16-22-17-13-7-2-3-8-14(13)20-19(24(17)23-16)21-15(10-25)18(26)27/h2-9,15,25H,10H2,1H3,(H,20,21)(H,26,27)/t15-/m1/s1. The Kier molecular flexibility index (Phi) is 4.50. The maximum absolute atomic E-state index is 11.3. The minimum absolute atomic E-state index is 0.178. The van der Waals surface area contributed by atoms with E-state index in [2.05, 4.69) is 20.4 Å². The lowest BCUT2D eigenvalue weighted by Gasteiger charge is -2.13. The van der Waals surface area contributed by atoms with Crippen molar-refractivity contribution in [1.29, 1.82) is 0 Å². The molecule has 2 aromatic heterocycles. The van der Waals surface area contributed by atoms with E-state index in [0.29, 0.717) is 22.7 Å².